The monoisotopic (exact) mass is 470 g/mol. The number of hydrazone groups is 1. The van der Waals surface area contributed by atoms with Gasteiger partial charge in [0.15, 0.2) is 0 Å². The molecule has 1 saturated heterocycles. The number of nitrogens with zero attached hydrogens (tertiary/aromatic N) is 3. The molecule has 0 radical (unpaired) electrons. The molecular formula is C23H26N4O3S2. The van der Waals surface area contributed by atoms with Gasteiger partial charge in [-0.2, -0.15) is 9.41 Å². The van der Waals surface area contributed by atoms with Crippen molar-refractivity contribution in [1.29, 1.82) is 0 Å². The second-order valence-electron chi connectivity index (χ2n) is 7.80. The van der Waals surface area contributed by atoms with E-state index < -0.39 is 10.0 Å². The van der Waals surface area contributed by atoms with Crippen molar-refractivity contribution in [2.45, 2.75) is 24.7 Å². The van der Waals surface area contributed by atoms with Crippen LogP contribution in [0, 0.1) is 5.92 Å². The van der Waals surface area contributed by atoms with Crippen LogP contribution >= 0.6 is 11.3 Å². The Kier molecular flexibility index (Phi) is 6.88. The number of hydrogen-bond acceptors (Lipinski definition) is 7. The zero-order valence-corrected chi connectivity index (χ0v) is 19.7. The average molecular weight is 471 g/mol. The molecule has 7 nitrogen and oxygen atoms in total. The van der Waals surface area contributed by atoms with E-state index in [0.717, 1.165) is 29.7 Å². The van der Waals surface area contributed by atoms with Gasteiger partial charge in [0.05, 0.1) is 23.9 Å². The van der Waals surface area contributed by atoms with Crippen molar-refractivity contribution in [3.05, 3.63) is 59.5 Å². The first-order valence-electron chi connectivity index (χ1n) is 10.4. The number of hydrogen-bond donors (Lipinski definition) is 1. The van der Waals surface area contributed by atoms with Crippen molar-refractivity contribution in [3.8, 4) is 17.0 Å². The second-order valence-corrected chi connectivity index (χ2v) is 10.6. The summed E-state index contributed by atoms with van der Waals surface area (Å²) < 4.78 is 32.9. The molecule has 3 aromatic rings. The Labute approximate surface area is 192 Å². The number of piperidine rings is 1. The summed E-state index contributed by atoms with van der Waals surface area (Å²) in [5, 5.41) is 6.74. The first kappa shape index (κ1) is 22.4. The highest BCUT2D eigenvalue weighted by Crippen LogP contribution is 2.29. The van der Waals surface area contributed by atoms with E-state index in [1.807, 2.05) is 35.7 Å². The van der Waals surface area contributed by atoms with E-state index in [9.17, 15) is 8.42 Å². The molecule has 4 rings (SSSR count). The summed E-state index contributed by atoms with van der Waals surface area (Å²) in [5.74, 6) is 1.36. The number of nitrogens with one attached hydrogen (secondary N) is 1. The summed E-state index contributed by atoms with van der Waals surface area (Å²) in [4.78, 5) is 4.86. The van der Waals surface area contributed by atoms with Gasteiger partial charge in [0, 0.05) is 24.0 Å². The summed E-state index contributed by atoms with van der Waals surface area (Å²) >= 11 is 1.41. The molecule has 0 bridgehead atoms. The Morgan fingerprint density at radius 2 is 1.94 bits per heavy atom. The molecule has 1 aliphatic rings. The third-order valence-corrected chi connectivity index (χ3v) is 8.15. The molecule has 0 saturated carbocycles. The van der Waals surface area contributed by atoms with E-state index >= 15 is 0 Å². The van der Waals surface area contributed by atoms with E-state index in [-0.39, 0.29) is 0 Å². The molecule has 9 heteroatoms. The normalized spacial score (nSPS) is 15.8. The summed E-state index contributed by atoms with van der Waals surface area (Å²) in [6, 6.07) is 14.6. The smallest absolute Gasteiger partial charge is 0.243 e. The van der Waals surface area contributed by atoms with Crippen LogP contribution in [0.4, 0.5) is 5.13 Å². The van der Waals surface area contributed by atoms with E-state index in [4.69, 9.17) is 4.74 Å². The predicted octanol–water partition coefficient (Wildman–Crippen LogP) is 4.69. The maximum Gasteiger partial charge on any atom is 0.243 e. The van der Waals surface area contributed by atoms with E-state index in [1.54, 1.807) is 35.8 Å². The molecule has 0 spiro atoms. The molecular weight excluding hydrogens is 444 g/mol. The lowest BCUT2D eigenvalue weighted by molar-refractivity contribution is 0.288. The Morgan fingerprint density at radius 3 is 2.66 bits per heavy atom. The van der Waals surface area contributed by atoms with Gasteiger partial charge in [0.1, 0.15) is 5.75 Å². The minimum atomic E-state index is -3.50. The maximum atomic E-state index is 13.1. The zero-order valence-electron chi connectivity index (χ0n) is 18.1. The van der Waals surface area contributed by atoms with Crippen LogP contribution in [0.25, 0.3) is 11.3 Å². The topological polar surface area (TPSA) is 83.9 Å². The number of thiazole rings is 1. The van der Waals surface area contributed by atoms with Crippen molar-refractivity contribution in [2.24, 2.45) is 11.0 Å². The lowest BCUT2D eigenvalue weighted by Crippen LogP contribution is -2.37. The summed E-state index contributed by atoms with van der Waals surface area (Å²) in [5.41, 5.74) is 5.34. The quantitative estimate of drug-likeness (QED) is 0.400. The van der Waals surface area contributed by atoms with E-state index in [1.165, 1.54) is 11.3 Å². The highest BCUT2D eigenvalue weighted by atomic mass is 32.2. The largest absolute Gasteiger partial charge is 0.497 e. The van der Waals surface area contributed by atoms with Gasteiger partial charge in [-0.3, -0.25) is 5.43 Å². The van der Waals surface area contributed by atoms with Crippen LogP contribution in [0.15, 0.2) is 63.9 Å². The van der Waals surface area contributed by atoms with Crippen LogP contribution in [-0.2, 0) is 10.0 Å². The fourth-order valence-electron chi connectivity index (χ4n) is 3.50. The standard InChI is InChI=1S/C23H26N4O3S2/c1-17-10-12-27(13-11-17)32(28,29)21-5-3-4-19(14-21)22-16-31-23(25-22)26-24-15-18-6-8-20(30-2)9-7-18/h3-9,14-17H,10-13H2,1-2H3,(H,25,26). The van der Waals surface area contributed by atoms with Crippen LogP contribution in [0.5, 0.6) is 5.75 Å². The second kappa shape index (κ2) is 9.81. The lowest BCUT2D eigenvalue weighted by Gasteiger charge is -2.29. The van der Waals surface area contributed by atoms with Crippen LogP contribution in [-0.4, -0.2) is 44.1 Å². The van der Waals surface area contributed by atoms with Gasteiger partial charge in [-0.1, -0.05) is 19.1 Å². The zero-order chi connectivity index (χ0) is 22.6. The first-order chi connectivity index (χ1) is 15.5. The van der Waals surface area contributed by atoms with Crippen molar-refractivity contribution in [1.82, 2.24) is 9.29 Å². The van der Waals surface area contributed by atoms with E-state index in [2.05, 4.69) is 22.4 Å². The predicted molar refractivity (Wildman–Crippen MR) is 129 cm³/mol. The number of benzene rings is 2. The Balaban J connectivity index is 1.45. The fourth-order valence-corrected chi connectivity index (χ4v) is 5.68. The molecule has 0 aliphatic carbocycles. The number of sulfonamides is 1. The molecule has 168 valence electrons. The molecule has 2 heterocycles. The molecule has 0 unspecified atom stereocenters. The van der Waals surface area contributed by atoms with Crippen molar-refractivity contribution in [3.63, 3.8) is 0 Å². The molecule has 0 atom stereocenters. The first-order valence-corrected chi connectivity index (χ1v) is 12.8. The van der Waals surface area contributed by atoms with Gasteiger partial charge in [0.2, 0.25) is 15.2 Å². The lowest BCUT2D eigenvalue weighted by atomic mass is 10.0. The van der Waals surface area contributed by atoms with E-state index in [0.29, 0.717) is 34.7 Å². The van der Waals surface area contributed by atoms with Gasteiger partial charge in [-0.25, -0.2) is 13.4 Å². The van der Waals surface area contributed by atoms with Crippen LogP contribution < -0.4 is 10.2 Å². The SMILES string of the molecule is COc1ccc(C=NNc2nc(-c3cccc(S(=O)(=O)N4CCC(C)CC4)c3)cs2)cc1. The van der Waals surface area contributed by atoms with Gasteiger partial charge < -0.3 is 4.74 Å². The van der Waals surface area contributed by atoms with Crippen molar-refractivity contribution < 1.29 is 13.2 Å². The van der Waals surface area contributed by atoms with Crippen molar-refractivity contribution in [2.75, 3.05) is 25.6 Å². The summed E-state index contributed by atoms with van der Waals surface area (Å²) in [6.07, 6.45) is 3.50. The highest BCUT2D eigenvalue weighted by molar-refractivity contribution is 7.89. The van der Waals surface area contributed by atoms with Gasteiger partial charge >= 0.3 is 0 Å². The number of methoxy groups -OCH3 is 1. The Bertz CT molecular complexity index is 1180. The molecule has 2 aromatic carbocycles. The fraction of sp³-hybridized carbons (Fsp3) is 0.304. The van der Waals surface area contributed by atoms with Gasteiger partial charge in [0.25, 0.3) is 0 Å². The average Bonchev–Trinajstić information content (AvgIpc) is 3.29. The summed E-state index contributed by atoms with van der Waals surface area (Å²) in [7, 11) is -1.87. The minimum Gasteiger partial charge on any atom is -0.497 e. The Morgan fingerprint density at radius 1 is 1.19 bits per heavy atom. The third kappa shape index (κ3) is 5.17. The third-order valence-electron chi connectivity index (χ3n) is 5.50. The number of aromatic nitrogens is 1. The number of anilines is 1. The van der Waals surface area contributed by atoms with Gasteiger partial charge in [-0.05, 0) is 60.7 Å². The highest BCUT2D eigenvalue weighted by Gasteiger charge is 2.28. The molecule has 1 aliphatic heterocycles. The molecule has 1 N–H and O–H groups in total. The number of ether oxygens (including phenoxy) is 1. The van der Waals surface area contributed by atoms with Crippen molar-refractivity contribution >= 4 is 32.7 Å². The number of rotatable bonds is 7. The molecule has 0 amide bonds. The maximum absolute atomic E-state index is 13.1. The minimum absolute atomic E-state index is 0.310. The van der Waals surface area contributed by atoms with Crippen LogP contribution in [0.3, 0.4) is 0 Å². The van der Waals surface area contributed by atoms with Gasteiger partial charge in [-0.15, -0.1) is 11.3 Å². The van der Waals surface area contributed by atoms with Crippen LogP contribution in [0.1, 0.15) is 25.3 Å². The molecule has 1 aromatic heterocycles. The molecule has 32 heavy (non-hydrogen) atoms. The Hall–Kier alpha value is -2.75. The summed E-state index contributed by atoms with van der Waals surface area (Å²) in [6.45, 7) is 3.31. The van der Waals surface area contributed by atoms with Crippen LogP contribution in [0.2, 0.25) is 0 Å². The molecule has 1 fully saturated rings.